The van der Waals surface area contributed by atoms with E-state index in [0.29, 0.717) is 5.76 Å². The van der Waals surface area contributed by atoms with Crippen molar-refractivity contribution in [3.63, 3.8) is 0 Å². The first-order valence-electron chi connectivity index (χ1n) is 5.94. The van der Waals surface area contributed by atoms with Gasteiger partial charge in [0.15, 0.2) is 12.0 Å². The lowest BCUT2D eigenvalue weighted by molar-refractivity contribution is 0.110. The van der Waals surface area contributed by atoms with Gasteiger partial charge in [0, 0.05) is 10.9 Å². The average molecular weight is 252 g/mol. The molecule has 0 spiro atoms. The van der Waals surface area contributed by atoms with Gasteiger partial charge < -0.3 is 9.15 Å². The number of methoxy groups -OCH3 is 1. The molecule has 0 aliphatic heterocycles. The molecule has 0 radical (unpaired) electrons. The second-order valence-corrected chi connectivity index (χ2v) is 4.18. The molecule has 0 aliphatic rings. The predicted octanol–water partition coefficient (Wildman–Crippen LogP) is 3.92. The van der Waals surface area contributed by atoms with Crippen LogP contribution in [0.5, 0.6) is 5.75 Å². The molecular formula is C16H12O3. The van der Waals surface area contributed by atoms with Gasteiger partial charge in [0.25, 0.3) is 0 Å². The second kappa shape index (κ2) is 4.61. The number of furan rings is 1. The van der Waals surface area contributed by atoms with Gasteiger partial charge in [-0.25, -0.2) is 0 Å². The van der Waals surface area contributed by atoms with Crippen LogP contribution in [0.25, 0.3) is 21.9 Å². The number of hydrogen-bond donors (Lipinski definition) is 0. The van der Waals surface area contributed by atoms with E-state index in [2.05, 4.69) is 0 Å². The molecule has 3 nitrogen and oxygen atoms in total. The van der Waals surface area contributed by atoms with Crippen molar-refractivity contribution in [1.82, 2.24) is 0 Å². The molecule has 0 bridgehead atoms. The summed E-state index contributed by atoms with van der Waals surface area (Å²) < 4.78 is 10.5. The average Bonchev–Trinajstić information content (AvgIpc) is 2.94. The highest BCUT2D eigenvalue weighted by molar-refractivity contribution is 6.02. The molecule has 3 aromatic rings. The number of ether oxygens (including phenoxy) is 1. The molecule has 19 heavy (non-hydrogen) atoms. The fraction of sp³-hybridized carbons (Fsp3) is 0.0625. The highest BCUT2D eigenvalue weighted by Crippen LogP contribution is 2.35. The van der Waals surface area contributed by atoms with Crippen LogP contribution in [-0.2, 0) is 0 Å². The molecule has 94 valence electrons. The minimum Gasteiger partial charge on any atom is -0.496 e. The van der Waals surface area contributed by atoms with Crippen molar-refractivity contribution in [2.24, 2.45) is 0 Å². The Morgan fingerprint density at radius 2 is 1.79 bits per heavy atom. The molecule has 3 heteroatoms. The van der Waals surface area contributed by atoms with E-state index in [1.54, 1.807) is 13.2 Å². The fourth-order valence-corrected chi connectivity index (χ4v) is 2.32. The summed E-state index contributed by atoms with van der Waals surface area (Å²) in [6.45, 7) is 0. The minimum atomic E-state index is 0.343. The summed E-state index contributed by atoms with van der Waals surface area (Å²) in [7, 11) is 1.65. The number of carbonyl (C=O) groups is 1. The van der Waals surface area contributed by atoms with Gasteiger partial charge >= 0.3 is 0 Å². The van der Waals surface area contributed by atoms with Gasteiger partial charge in [-0.2, -0.15) is 0 Å². The summed E-state index contributed by atoms with van der Waals surface area (Å²) in [6, 6.07) is 13.6. The molecular weight excluding hydrogens is 240 g/mol. The van der Waals surface area contributed by atoms with Crippen molar-refractivity contribution in [1.29, 1.82) is 0 Å². The van der Waals surface area contributed by atoms with Crippen LogP contribution in [-0.4, -0.2) is 13.4 Å². The van der Waals surface area contributed by atoms with Crippen LogP contribution in [0.1, 0.15) is 10.6 Å². The van der Waals surface area contributed by atoms with Gasteiger partial charge in [-0.15, -0.1) is 0 Å². The van der Waals surface area contributed by atoms with Gasteiger partial charge in [-0.1, -0.05) is 24.3 Å². The third-order valence-corrected chi connectivity index (χ3v) is 3.20. The van der Waals surface area contributed by atoms with Crippen LogP contribution in [0.15, 0.2) is 53.1 Å². The minimum absolute atomic E-state index is 0.343. The molecule has 0 atom stereocenters. The van der Waals surface area contributed by atoms with E-state index in [0.717, 1.165) is 33.9 Å². The number of rotatable bonds is 3. The molecule has 0 fully saturated rings. The maximum absolute atomic E-state index is 11.0. The number of benzene rings is 2. The summed E-state index contributed by atoms with van der Waals surface area (Å²) in [5.41, 5.74) is 1.76. The lowest BCUT2D eigenvalue weighted by Gasteiger charge is -2.09. The van der Waals surface area contributed by atoms with E-state index < -0.39 is 0 Å². The van der Waals surface area contributed by atoms with E-state index in [4.69, 9.17) is 9.15 Å². The largest absolute Gasteiger partial charge is 0.496 e. The molecule has 1 heterocycles. The molecule has 0 amide bonds. The Hall–Kier alpha value is -2.55. The molecule has 3 rings (SSSR count). The lowest BCUT2D eigenvalue weighted by atomic mass is 9.98. The summed E-state index contributed by atoms with van der Waals surface area (Å²) >= 11 is 0. The topological polar surface area (TPSA) is 39.4 Å². The third kappa shape index (κ3) is 1.80. The van der Waals surface area contributed by atoms with Gasteiger partial charge in [-0.3, -0.25) is 4.79 Å². The molecule has 0 saturated heterocycles. The monoisotopic (exact) mass is 252 g/mol. The first-order chi connectivity index (χ1) is 9.35. The zero-order valence-electron chi connectivity index (χ0n) is 10.4. The molecule has 1 aromatic heterocycles. The van der Waals surface area contributed by atoms with E-state index in [1.807, 2.05) is 36.4 Å². The maximum atomic E-state index is 11.0. The van der Waals surface area contributed by atoms with Crippen molar-refractivity contribution < 1.29 is 13.9 Å². The van der Waals surface area contributed by atoms with Crippen molar-refractivity contribution in [3.05, 3.63) is 54.5 Å². The Bertz CT molecular complexity index is 741. The second-order valence-electron chi connectivity index (χ2n) is 4.18. The van der Waals surface area contributed by atoms with Crippen molar-refractivity contribution in [2.45, 2.75) is 0 Å². The number of fused-ring (bicyclic) bond motifs is 1. The Kier molecular flexibility index (Phi) is 2.80. The molecule has 0 aliphatic carbocycles. The van der Waals surface area contributed by atoms with Crippen LogP contribution in [0.3, 0.4) is 0 Å². The predicted molar refractivity (Wildman–Crippen MR) is 73.6 cm³/mol. The SMILES string of the molecule is COc1ccc(-c2ccoc2C=O)c2ccccc12. The van der Waals surface area contributed by atoms with Crippen LogP contribution >= 0.6 is 0 Å². The summed E-state index contributed by atoms with van der Waals surface area (Å²) in [5, 5.41) is 2.05. The molecule has 2 aromatic carbocycles. The smallest absolute Gasteiger partial charge is 0.185 e. The zero-order chi connectivity index (χ0) is 13.2. The number of aldehydes is 1. The van der Waals surface area contributed by atoms with Crippen molar-refractivity contribution in [3.8, 4) is 16.9 Å². The maximum Gasteiger partial charge on any atom is 0.185 e. The zero-order valence-corrected chi connectivity index (χ0v) is 10.4. The standard InChI is InChI=1S/C16H12O3/c1-18-15-7-6-12(11-4-2-3-5-13(11)15)14-8-9-19-16(14)10-17/h2-10H,1H3. The Balaban J connectivity index is 2.34. The van der Waals surface area contributed by atoms with E-state index in [1.165, 1.54) is 6.26 Å². The van der Waals surface area contributed by atoms with Crippen LogP contribution < -0.4 is 4.74 Å². The van der Waals surface area contributed by atoms with E-state index in [9.17, 15) is 4.79 Å². The van der Waals surface area contributed by atoms with Crippen molar-refractivity contribution >= 4 is 17.1 Å². The van der Waals surface area contributed by atoms with E-state index >= 15 is 0 Å². The van der Waals surface area contributed by atoms with E-state index in [-0.39, 0.29) is 0 Å². The highest BCUT2D eigenvalue weighted by atomic mass is 16.5. The number of carbonyl (C=O) groups excluding carboxylic acids is 1. The van der Waals surface area contributed by atoms with Crippen LogP contribution in [0.4, 0.5) is 0 Å². The third-order valence-electron chi connectivity index (χ3n) is 3.20. The Morgan fingerprint density at radius 3 is 2.53 bits per heavy atom. The number of hydrogen-bond acceptors (Lipinski definition) is 3. The molecule has 0 unspecified atom stereocenters. The van der Waals surface area contributed by atoms with Crippen LogP contribution in [0, 0.1) is 0 Å². The van der Waals surface area contributed by atoms with Gasteiger partial charge in [0.05, 0.1) is 13.4 Å². The van der Waals surface area contributed by atoms with Crippen molar-refractivity contribution in [2.75, 3.05) is 7.11 Å². The highest BCUT2D eigenvalue weighted by Gasteiger charge is 2.12. The summed E-state index contributed by atoms with van der Waals surface area (Å²) in [4.78, 5) is 11.0. The summed E-state index contributed by atoms with van der Waals surface area (Å²) in [6.07, 6.45) is 2.26. The van der Waals surface area contributed by atoms with Gasteiger partial charge in [0.2, 0.25) is 0 Å². The Morgan fingerprint density at radius 1 is 1.00 bits per heavy atom. The van der Waals surface area contributed by atoms with Gasteiger partial charge in [-0.05, 0) is 29.1 Å². The fourth-order valence-electron chi connectivity index (χ4n) is 2.32. The normalized spacial score (nSPS) is 10.6. The quantitative estimate of drug-likeness (QED) is 0.663. The summed E-state index contributed by atoms with van der Waals surface area (Å²) in [5.74, 6) is 1.16. The molecule has 0 saturated carbocycles. The first kappa shape index (κ1) is 11.5. The van der Waals surface area contributed by atoms with Gasteiger partial charge in [0.1, 0.15) is 5.75 Å². The lowest BCUT2D eigenvalue weighted by Crippen LogP contribution is -1.88. The molecule has 0 N–H and O–H groups in total. The van der Waals surface area contributed by atoms with Crippen LogP contribution in [0.2, 0.25) is 0 Å². The first-order valence-corrected chi connectivity index (χ1v) is 5.94. The Labute approximate surface area is 110 Å².